The minimum Gasteiger partial charge on any atom is -0.494 e. The lowest BCUT2D eigenvalue weighted by Gasteiger charge is -2.27. The van der Waals surface area contributed by atoms with Gasteiger partial charge in [-0.15, -0.1) is 0 Å². The van der Waals surface area contributed by atoms with Crippen molar-refractivity contribution in [3.8, 4) is 28.4 Å². The van der Waals surface area contributed by atoms with Gasteiger partial charge in [-0.3, -0.25) is 10.2 Å². The molecule has 0 saturated heterocycles. The van der Waals surface area contributed by atoms with Crippen molar-refractivity contribution in [3.63, 3.8) is 0 Å². The predicted octanol–water partition coefficient (Wildman–Crippen LogP) is 10.2. The first-order valence-corrected chi connectivity index (χ1v) is 21.1. The second kappa shape index (κ2) is 21.3. The Kier molecular flexibility index (Phi) is 15.5. The van der Waals surface area contributed by atoms with Gasteiger partial charge in [0.1, 0.15) is 17.2 Å². The van der Waals surface area contributed by atoms with E-state index in [1.807, 2.05) is 18.3 Å². The third-order valence-electron chi connectivity index (χ3n) is 10.5. The van der Waals surface area contributed by atoms with Crippen molar-refractivity contribution in [2.45, 2.75) is 81.5 Å². The first kappa shape index (κ1) is 41.4. The Morgan fingerprint density at radius 2 is 1.58 bits per heavy atom. The Morgan fingerprint density at radius 3 is 2.32 bits per heavy atom. The van der Waals surface area contributed by atoms with Crippen LogP contribution in [0.3, 0.4) is 0 Å². The summed E-state index contributed by atoms with van der Waals surface area (Å²) in [5, 5.41) is 4.70. The van der Waals surface area contributed by atoms with Gasteiger partial charge in [0.05, 0.1) is 37.6 Å². The number of ether oxygens (including phenoxy) is 4. The molecule has 1 N–H and O–H groups in total. The van der Waals surface area contributed by atoms with E-state index in [1.54, 1.807) is 23.9 Å². The van der Waals surface area contributed by atoms with Gasteiger partial charge in [0, 0.05) is 23.6 Å². The number of esters is 2. The molecule has 1 aliphatic heterocycles. The zero-order chi connectivity index (χ0) is 39.8. The van der Waals surface area contributed by atoms with Gasteiger partial charge in [0.15, 0.2) is 5.50 Å². The van der Waals surface area contributed by atoms with Gasteiger partial charge in [0.25, 0.3) is 0 Å². The molecule has 6 rings (SSSR count). The normalized spacial score (nSPS) is 17.5. The molecule has 0 spiro atoms. The van der Waals surface area contributed by atoms with E-state index in [1.165, 1.54) is 22.2 Å². The quantitative estimate of drug-likeness (QED) is 0.0234. The lowest BCUT2D eigenvalue weighted by molar-refractivity contribution is -0.140. The molecular weight excluding hydrogens is 735 g/mol. The molecule has 1 fully saturated rings. The van der Waals surface area contributed by atoms with Crippen molar-refractivity contribution in [1.82, 2.24) is 5.43 Å². The highest BCUT2D eigenvalue weighted by Gasteiger charge is 2.29. The summed E-state index contributed by atoms with van der Waals surface area (Å²) < 4.78 is 23.1. The maximum Gasteiger partial charge on any atom is 0.330 e. The summed E-state index contributed by atoms with van der Waals surface area (Å²) in [5.41, 5.74) is 9.05. The second-order valence-corrected chi connectivity index (χ2v) is 15.8. The van der Waals surface area contributed by atoms with Crippen LogP contribution in [0, 0.1) is 11.8 Å². The van der Waals surface area contributed by atoms with Crippen LogP contribution in [0.5, 0.6) is 17.2 Å². The number of unbranched alkanes of at least 4 members (excludes halogenated alkanes) is 3. The molecule has 0 amide bonds. The Hall–Kier alpha value is -5.22. The highest BCUT2D eigenvalue weighted by molar-refractivity contribution is 8.00. The fraction of sp³-hybridized carbons (Fsp3) is 0.383. The number of anilines is 1. The van der Waals surface area contributed by atoms with Crippen molar-refractivity contribution in [2.75, 3.05) is 31.8 Å². The van der Waals surface area contributed by atoms with E-state index in [0.29, 0.717) is 31.5 Å². The Morgan fingerprint density at radius 1 is 0.860 bits per heavy atom. The van der Waals surface area contributed by atoms with E-state index in [2.05, 4.69) is 97.6 Å². The van der Waals surface area contributed by atoms with E-state index in [9.17, 15) is 9.59 Å². The molecule has 4 aromatic rings. The molecule has 0 bridgehead atoms. The van der Waals surface area contributed by atoms with Crippen LogP contribution in [0.2, 0.25) is 0 Å². The number of thioether (sulfide) groups is 1. The summed E-state index contributed by atoms with van der Waals surface area (Å²) >= 11 is 1.75. The Bertz CT molecular complexity index is 1940. The van der Waals surface area contributed by atoms with E-state index in [-0.39, 0.29) is 23.4 Å². The van der Waals surface area contributed by atoms with Gasteiger partial charge in [-0.05, 0) is 129 Å². The van der Waals surface area contributed by atoms with E-state index >= 15 is 0 Å². The molecule has 1 aliphatic carbocycles. The fourth-order valence-electron chi connectivity index (χ4n) is 7.13. The molecule has 1 atom stereocenters. The number of para-hydroxylation sites is 1. The molecule has 1 unspecified atom stereocenters. The molecule has 0 radical (unpaired) electrons. The Labute approximate surface area is 341 Å². The van der Waals surface area contributed by atoms with Gasteiger partial charge >= 0.3 is 11.9 Å². The number of hydrogen-bond donors (Lipinski definition) is 1. The molecule has 0 aromatic heterocycles. The zero-order valence-corrected chi connectivity index (χ0v) is 34.0. The molecule has 10 heteroatoms. The molecule has 2 aliphatic rings. The van der Waals surface area contributed by atoms with E-state index in [0.717, 1.165) is 92.4 Å². The summed E-state index contributed by atoms with van der Waals surface area (Å²) in [4.78, 5) is 27.6. The van der Waals surface area contributed by atoms with Crippen LogP contribution in [0.1, 0.15) is 75.8 Å². The number of hydrazone groups is 1. The first-order chi connectivity index (χ1) is 27.9. The van der Waals surface area contributed by atoms with Crippen LogP contribution in [-0.2, 0) is 20.7 Å². The first-order valence-electron chi connectivity index (χ1n) is 20.3. The van der Waals surface area contributed by atoms with Crippen LogP contribution in [-0.4, -0.2) is 50.5 Å². The molecule has 1 heterocycles. The van der Waals surface area contributed by atoms with Gasteiger partial charge in [-0.2, -0.15) is 5.10 Å². The topological polar surface area (TPSA) is 98.7 Å². The van der Waals surface area contributed by atoms with Crippen molar-refractivity contribution in [1.29, 1.82) is 0 Å². The van der Waals surface area contributed by atoms with Crippen molar-refractivity contribution >= 4 is 35.6 Å². The van der Waals surface area contributed by atoms with Crippen LogP contribution < -0.4 is 24.5 Å². The lowest BCUT2D eigenvalue weighted by atomic mass is 9.82. The molecule has 1 saturated carbocycles. The molecule has 9 nitrogen and oxygen atoms in total. The molecule has 4 aromatic carbocycles. The van der Waals surface area contributed by atoms with Crippen LogP contribution in [0.4, 0.5) is 5.69 Å². The Balaban J connectivity index is 0.966. The number of nitrogens with zero attached hydrogens (tertiary/aromatic N) is 2. The average molecular weight is 790 g/mol. The van der Waals surface area contributed by atoms with Gasteiger partial charge in [-0.1, -0.05) is 74.1 Å². The number of rotatable bonds is 20. The summed E-state index contributed by atoms with van der Waals surface area (Å²) in [5.74, 6) is 1.71. The van der Waals surface area contributed by atoms with Crippen molar-refractivity contribution < 1.29 is 28.5 Å². The predicted molar refractivity (Wildman–Crippen MR) is 229 cm³/mol. The number of carbonyl (C=O) groups excluding carboxylic acids is 2. The van der Waals surface area contributed by atoms with E-state index < -0.39 is 0 Å². The van der Waals surface area contributed by atoms with Crippen molar-refractivity contribution in [3.05, 3.63) is 115 Å². The number of benzene rings is 4. The van der Waals surface area contributed by atoms with Gasteiger partial charge in [0.2, 0.25) is 0 Å². The summed E-state index contributed by atoms with van der Waals surface area (Å²) in [6.07, 6.45) is 12.2. The second-order valence-electron chi connectivity index (χ2n) is 14.7. The van der Waals surface area contributed by atoms with Gasteiger partial charge in [-0.25, -0.2) is 4.79 Å². The molecular formula is C47H55N3O6S. The monoisotopic (exact) mass is 789 g/mol. The standard InChI is InChI=1S/C47H55N3O6S/c1-4-12-34-15-19-36(20-16-34)38-23-28-43(39(31-38)32-48-49-47-50(3)42-13-8-9-14-44(42)57-47)55-33-35-17-21-37(22-18-35)46(52)56-41-26-24-40(25-27-41)53-29-10-6-7-11-30-54-45(51)5-2/h5,8-9,13-16,19-20,23-28,31-32,35,37,47,49H,2,4,6-7,10-12,17-18,21-22,29-30,33H2,1,3H3/b48-32+. The fourth-order valence-corrected chi connectivity index (χ4v) is 8.24. The lowest BCUT2D eigenvalue weighted by Crippen LogP contribution is -2.35. The maximum absolute atomic E-state index is 13.1. The number of nitrogens with one attached hydrogen (secondary N) is 1. The molecule has 300 valence electrons. The number of carbonyl (C=O) groups is 2. The minimum atomic E-state index is -0.382. The number of fused-ring (bicyclic) bond motifs is 1. The SMILES string of the molecule is C=CC(=O)OCCCCCCOc1ccc(OC(=O)C2CCC(COc3ccc(-c4ccc(CCC)cc4)cc3/C=N/NC3Sc4ccccc4N3C)CC2)cc1. The third kappa shape index (κ3) is 12.1. The third-order valence-corrected chi connectivity index (χ3v) is 11.7. The van der Waals surface area contributed by atoms with Crippen molar-refractivity contribution in [2.24, 2.45) is 16.9 Å². The smallest absolute Gasteiger partial charge is 0.330 e. The number of aryl methyl sites for hydroxylation is 1. The van der Waals surface area contributed by atoms with Crippen LogP contribution in [0.15, 0.2) is 114 Å². The minimum absolute atomic E-state index is 0.00582. The van der Waals surface area contributed by atoms with Gasteiger partial charge < -0.3 is 23.8 Å². The zero-order valence-electron chi connectivity index (χ0n) is 33.2. The summed E-state index contributed by atoms with van der Waals surface area (Å²) in [6.45, 7) is 7.18. The summed E-state index contributed by atoms with van der Waals surface area (Å²) in [6, 6.07) is 30.8. The highest BCUT2D eigenvalue weighted by Crippen LogP contribution is 2.41. The average Bonchev–Trinajstić information content (AvgIpc) is 3.56. The van der Waals surface area contributed by atoms with Crippen LogP contribution in [0.25, 0.3) is 11.1 Å². The maximum atomic E-state index is 13.1. The van der Waals surface area contributed by atoms with E-state index in [4.69, 9.17) is 24.0 Å². The highest BCUT2D eigenvalue weighted by atomic mass is 32.2. The molecule has 57 heavy (non-hydrogen) atoms. The largest absolute Gasteiger partial charge is 0.494 e. The summed E-state index contributed by atoms with van der Waals surface area (Å²) in [7, 11) is 2.08. The number of hydrogen-bond acceptors (Lipinski definition) is 10. The van der Waals surface area contributed by atoms with Crippen LogP contribution >= 0.6 is 11.8 Å².